The molecule has 130 valence electrons. The maximum absolute atomic E-state index is 12.8. The average molecular weight is 346 g/mol. The second kappa shape index (κ2) is 7.58. The number of hydrogen-bond acceptors (Lipinski definition) is 5. The van der Waals surface area contributed by atoms with Crippen molar-refractivity contribution in [1.29, 1.82) is 5.26 Å². The minimum atomic E-state index is -0.649. The van der Waals surface area contributed by atoms with Gasteiger partial charge in [0.15, 0.2) is 0 Å². The van der Waals surface area contributed by atoms with Crippen LogP contribution in [0.25, 0.3) is 5.76 Å². The molecular weight excluding hydrogens is 328 g/mol. The van der Waals surface area contributed by atoms with Gasteiger partial charge >= 0.3 is 5.97 Å². The highest BCUT2D eigenvalue weighted by Gasteiger charge is 2.38. The van der Waals surface area contributed by atoms with E-state index in [4.69, 9.17) is 15.2 Å². The van der Waals surface area contributed by atoms with E-state index in [1.165, 1.54) is 0 Å². The van der Waals surface area contributed by atoms with Crippen LogP contribution in [0.3, 0.4) is 0 Å². The summed E-state index contributed by atoms with van der Waals surface area (Å²) in [6.45, 7) is 1.95. The molecule has 0 fully saturated rings. The normalized spacial score (nSPS) is 16.7. The smallest absolute Gasteiger partial charge is 0.338 e. The second-order valence-electron chi connectivity index (χ2n) is 5.66. The van der Waals surface area contributed by atoms with Crippen LogP contribution in [-0.4, -0.2) is 12.6 Å². The highest BCUT2D eigenvalue weighted by atomic mass is 16.5. The number of nitriles is 1. The van der Waals surface area contributed by atoms with Crippen LogP contribution in [0.4, 0.5) is 0 Å². The first-order chi connectivity index (χ1) is 12.7. The number of ether oxygens (including phenoxy) is 2. The van der Waals surface area contributed by atoms with Gasteiger partial charge in [-0.3, -0.25) is 0 Å². The summed E-state index contributed by atoms with van der Waals surface area (Å²) in [7, 11) is 0. The van der Waals surface area contributed by atoms with Gasteiger partial charge in [0.1, 0.15) is 17.4 Å². The maximum atomic E-state index is 12.8. The molecule has 0 saturated carbocycles. The predicted octanol–water partition coefficient (Wildman–Crippen LogP) is 3.47. The molecule has 1 unspecified atom stereocenters. The Hall–Kier alpha value is -3.52. The van der Waals surface area contributed by atoms with E-state index in [0.717, 1.165) is 5.56 Å². The zero-order valence-corrected chi connectivity index (χ0v) is 14.3. The van der Waals surface area contributed by atoms with Crippen molar-refractivity contribution < 1.29 is 14.3 Å². The minimum Gasteiger partial charge on any atom is -0.463 e. The van der Waals surface area contributed by atoms with Gasteiger partial charge in [-0.1, -0.05) is 60.7 Å². The van der Waals surface area contributed by atoms with E-state index in [1.807, 2.05) is 60.7 Å². The fourth-order valence-corrected chi connectivity index (χ4v) is 2.96. The molecule has 2 aromatic rings. The molecule has 5 heteroatoms. The van der Waals surface area contributed by atoms with Crippen molar-refractivity contribution >= 4 is 11.7 Å². The van der Waals surface area contributed by atoms with Gasteiger partial charge in [-0.25, -0.2) is 4.79 Å². The Bertz CT molecular complexity index is 909. The Balaban J connectivity index is 2.27. The molecule has 0 saturated heterocycles. The van der Waals surface area contributed by atoms with E-state index in [2.05, 4.69) is 6.07 Å². The van der Waals surface area contributed by atoms with Crippen LogP contribution in [0.2, 0.25) is 0 Å². The fourth-order valence-electron chi connectivity index (χ4n) is 2.96. The molecule has 0 spiro atoms. The predicted molar refractivity (Wildman–Crippen MR) is 97.1 cm³/mol. The van der Waals surface area contributed by atoms with Crippen LogP contribution in [0.15, 0.2) is 77.7 Å². The Morgan fingerprint density at radius 1 is 1.15 bits per heavy atom. The molecule has 3 rings (SSSR count). The lowest BCUT2D eigenvalue weighted by Crippen LogP contribution is -2.25. The first-order valence-corrected chi connectivity index (χ1v) is 8.26. The van der Waals surface area contributed by atoms with E-state index in [9.17, 15) is 10.1 Å². The van der Waals surface area contributed by atoms with Crippen molar-refractivity contribution in [3.63, 3.8) is 0 Å². The number of carbonyl (C=O) groups excluding carboxylic acids is 1. The van der Waals surface area contributed by atoms with Gasteiger partial charge in [0.05, 0.1) is 18.1 Å². The van der Waals surface area contributed by atoms with Gasteiger partial charge < -0.3 is 15.2 Å². The molecule has 1 heterocycles. The third-order valence-corrected chi connectivity index (χ3v) is 4.08. The van der Waals surface area contributed by atoms with Gasteiger partial charge in [0.25, 0.3) is 0 Å². The quantitative estimate of drug-likeness (QED) is 0.857. The third-order valence-electron chi connectivity index (χ3n) is 4.08. The van der Waals surface area contributed by atoms with E-state index >= 15 is 0 Å². The van der Waals surface area contributed by atoms with Crippen molar-refractivity contribution in [2.75, 3.05) is 6.61 Å². The van der Waals surface area contributed by atoms with Crippen molar-refractivity contribution in [1.82, 2.24) is 0 Å². The van der Waals surface area contributed by atoms with Crippen LogP contribution < -0.4 is 5.73 Å². The molecule has 0 bridgehead atoms. The molecule has 1 atom stereocenters. The summed E-state index contributed by atoms with van der Waals surface area (Å²) in [6.07, 6.45) is 0. The standard InChI is InChI=1S/C21H18N2O3/c1-2-25-21(24)18-17(14-9-5-3-6-10-14)16(13-22)20(23)26-19(18)15-11-7-4-8-12-15/h3-12,17H,2,23H2,1H3. The topological polar surface area (TPSA) is 85.3 Å². The number of esters is 1. The Labute approximate surface area is 152 Å². The van der Waals surface area contributed by atoms with Crippen molar-refractivity contribution in [2.45, 2.75) is 12.8 Å². The van der Waals surface area contributed by atoms with E-state index < -0.39 is 11.9 Å². The molecule has 0 aromatic heterocycles. The number of nitrogens with zero attached hydrogens (tertiary/aromatic N) is 1. The number of hydrogen-bond donors (Lipinski definition) is 1. The summed E-state index contributed by atoms with van der Waals surface area (Å²) in [5.41, 5.74) is 7.96. The Morgan fingerprint density at radius 2 is 1.77 bits per heavy atom. The molecular formula is C21H18N2O3. The molecule has 2 aromatic carbocycles. The zero-order chi connectivity index (χ0) is 18.5. The van der Waals surface area contributed by atoms with Gasteiger partial charge in [-0.2, -0.15) is 5.26 Å². The van der Waals surface area contributed by atoms with Crippen LogP contribution in [0.5, 0.6) is 0 Å². The number of nitrogens with two attached hydrogens (primary N) is 1. The van der Waals surface area contributed by atoms with E-state index in [-0.39, 0.29) is 23.6 Å². The molecule has 1 aliphatic heterocycles. The number of carbonyl (C=O) groups is 1. The highest BCUT2D eigenvalue weighted by Crippen LogP contribution is 2.42. The van der Waals surface area contributed by atoms with Crippen LogP contribution in [0.1, 0.15) is 24.0 Å². The van der Waals surface area contributed by atoms with Crippen LogP contribution in [-0.2, 0) is 14.3 Å². The fraction of sp³-hybridized carbons (Fsp3) is 0.143. The summed E-state index contributed by atoms with van der Waals surface area (Å²) in [6, 6.07) is 20.5. The minimum absolute atomic E-state index is 0.00625. The monoisotopic (exact) mass is 346 g/mol. The van der Waals surface area contributed by atoms with Crippen LogP contribution >= 0.6 is 0 Å². The maximum Gasteiger partial charge on any atom is 0.338 e. The highest BCUT2D eigenvalue weighted by molar-refractivity contribution is 5.99. The summed E-state index contributed by atoms with van der Waals surface area (Å²) < 4.78 is 11.0. The van der Waals surface area contributed by atoms with Gasteiger partial charge in [0.2, 0.25) is 5.88 Å². The second-order valence-corrected chi connectivity index (χ2v) is 5.66. The molecule has 2 N–H and O–H groups in total. The molecule has 26 heavy (non-hydrogen) atoms. The largest absolute Gasteiger partial charge is 0.463 e. The molecule has 0 radical (unpaired) electrons. The SMILES string of the molecule is CCOC(=O)C1=C(c2ccccc2)OC(N)=C(C#N)C1c1ccccc1. The number of allylic oxidation sites excluding steroid dienone is 1. The Morgan fingerprint density at radius 3 is 2.35 bits per heavy atom. The third kappa shape index (κ3) is 3.17. The van der Waals surface area contributed by atoms with Gasteiger partial charge in [0, 0.05) is 5.56 Å². The Kier molecular flexibility index (Phi) is 5.04. The molecule has 0 aliphatic carbocycles. The molecule has 1 aliphatic rings. The summed E-state index contributed by atoms with van der Waals surface area (Å²) >= 11 is 0. The first kappa shape index (κ1) is 17.3. The summed E-state index contributed by atoms with van der Waals surface area (Å²) in [5, 5.41) is 9.64. The lowest BCUT2D eigenvalue weighted by molar-refractivity contribution is -0.138. The van der Waals surface area contributed by atoms with Gasteiger partial charge in [-0.15, -0.1) is 0 Å². The van der Waals surface area contributed by atoms with E-state index in [1.54, 1.807) is 6.92 Å². The summed E-state index contributed by atoms with van der Waals surface area (Å²) in [4.78, 5) is 12.8. The average Bonchev–Trinajstić information content (AvgIpc) is 2.68. The van der Waals surface area contributed by atoms with Crippen molar-refractivity contribution in [3.8, 4) is 6.07 Å². The molecule has 5 nitrogen and oxygen atoms in total. The van der Waals surface area contributed by atoms with Crippen LogP contribution in [0, 0.1) is 11.3 Å². The molecule has 0 amide bonds. The summed E-state index contributed by atoms with van der Waals surface area (Å²) in [5.74, 6) is -0.868. The zero-order valence-electron chi connectivity index (χ0n) is 14.3. The van der Waals surface area contributed by atoms with Crippen molar-refractivity contribution in [2.24, 2.45) is 5.73 Å². The first-order valence-electron chi connectivity index (χ1n) is 8.26. The van der Waals surface area contributed by atoms with E-state index in [0.29, 0.717) is 11.3 Å². The number of benzene rings is 2. The lowest BCUT2D eigenvalue weighted by Gasteiger charge is -2.28. The van der Waals surface area contributed by atoms with Gasteiger partial charge in [-0.05, 0) is 12.5 Å². The number of rotatable bonds is 4. The van der Waals surface area contributed by atoms with Crippen molar-refractivity contribution in [3.05, 3.63) is 88.8 Å². The lowest BCUT2D eigenvalue weighted by atomic mass is 9.82.